The van der Waals surface area contributed by atoms with Crippen LogP contribution in [-0.4, -0.2) is 57.3 Å². The van der Waals surface area contributed by atoms with E-state index in [1.807, 2.05) is 51.1 Å². The molecule has 2 aromatic carbocycles. The largest absolute Gasteiger partial charge is 2.00 e. The first-order chi connectivity index (χ1) is 16.3. The molecule has 9 heteroatoms. The Morgan fingerprint density at radius 3 is 2.43 bits per heavy atom. The van der Waals surface area contributed by atoms with E-state index in [1.54, 1.807) is 24.3 Å². The number of hydrogen-bond donors (Lipinski definition) is 1. The van der Waals surface area contributed by atoms with Gasteiger partial charge in [-0.05, 0) is 28.7 Å². The molecule has 1 amide bonds. The van der Waals surface area contributed by atoms with Crippen LogP contribution in [0.2, 0.25) is 0 Å². The van der Waals surface area contributed by atoms with Gasteiger partial charge in [0.2, 0.25) is 10.0 Å². The summed E-state index contributed by atoms with van der Waals surface area (Å²) in [6.45, 7) is 7.59. The number of rotatable bonds is 11. The normalized spacial score (nSPS) is 17.6. The number of benzene rings is 2. The summed E-state index contributed by atoms with van der Waals surface area (Å²) in [6.07, 6.45) is 0.496. The van der Waals surface area contributed by atoms with Crippen LogP contribution < -0.4 is 5.32 Å². The van der Waals surface area contributed by atoms with E-state index in [-0.39, 0.29) is 56.5 Å². The molecule has 3 unspecified atom stereocenters. The Balaban J connectivity index is 0.00000432. The number of amides is 1. The average Bonchev–Trinajstić information content (AvgIpc) is 3.32. The molecule has 0 spiro atoms. The molecule has 0 aromatic heterocycles. The molecule has 3 atom stereocenters. The molecule has 190 valence electrons. The zero-order valence-electron chi connectivity index (χ0n) is 20.6. The van der Waals surface area contributed by atoms with Crippen LogP contribution in [0.4, 0.5) is 4.79 Å². The number of ether oxygens (including phenoxy) is 2. The van der Waals surface area contributed by atoms with E-state index in [0.717, 1.165) is 5.56 Å². The van der Waals surface area contributed by atoms with Crippen molar-refractivity contribution in [2.75, 3.05) is 26.3 Å². The van der Waals surface area contributed by atoms with Gasteiger partial charge in [-0.1, -0.05) is 51.1 Å². The topological polar surface area (TPSA) is 84.9 Å². The SMILES string of the molecule is CC(C)CN(CC(C)C(Cc1ccccc1)NC(=O)OC1CCOC1)S(=O)(=O)c1cc[c-]cc1.[W+2]. The van der Waals surface area contributed by atoms with Crippen LogP contribution >= 0.6 is 0 Å². The molecule has 1 fully saturated rings. The first kappa shape index (κ1) is 29.5. The van der Waals surface area contributed by atoms with Gasteiger partial charge in [-0.2, -0.15) is 34.6 Å². The molecule has 0 radical (unpaired) electrons. The van der Waals surface area contributed by atoms with Crippen molar-refractivity contribution < 1.29 is 43.8 Å². The van der Waals surface area contributed by atoms with E-state index in [1.165, 1.54) is 4.31 Å². The van der Waals surface area contributed by atoms with E-state index in [2.05, 4.69) is 11.4 Å². The Hall–Kier alpha value is -1.73. The Kier molecular flexibility index (Phi) is 11.9. The Bertz CT molecular complexity index is 999. The summed E-state index contributed by atoms with van der Waals surface area (Å²) in [4.78, 5) is 12.9. The summed E-state index contributed by atoms with van der Waals surface area (Å²) in [6, 6.07) is 18.7. The van der Waals surface area contributed by atoms with E-state index in [4.69, 9.17) is 9.47 Å². The minimum absolute atomic E-state index is 0. The standard InChI is InChI=1S/C26H35N2O5S.W/c1-20(2)17-28(34(30,31)24-12-8-5-9-13-24)18-21(3)25(16-22-10-6-4-7-11-22)27-26(29)33-23-14-15-32-19-23;/h4,6-13,20-21,23,25H,14-19H2,1-3H3,(H,27,29);/q-1;+2. The van der Waals surface area contributed by atoms with Crippen molar-refractivity contribution in [3.63, 3.8) is 0 Å². The average molecular weight is 671 g/mol. The third-order valence-electron chi connectivity index (χ3n) is 5.84. The molecule has 35 heavy (non-hydrogen) atoms. The van der Waals surface area contributed by atoms with Crippen LogP contribution in [0.15, 0.2) is 59.5 Å². The molecule has 7 nitrogen and oxygen atoms in total. The van der Waals surface area contributed by atoms with Crippen molar-refractivity contribution >= 4 is 16.1 Å². The molecule has 3 rings (SSSR count). The number of alkyl carbamates (subject to hydrolysis) is 1. The smallest absolute Gasteiger partial charge is 0.444 e. The third-order valence-corrected chi connectivity index (χ3v) is 7.68. The summed E-state index contributed by atoms with van der Waals surface area (Å²) in [5.74, 6) is -0.0264. The molecule has 1 heterocycles. The number of carbonyl (C=O) groups is 1. The molecule has 1 saturated heterocycles. The number of nitrogens with one attached hydrogen (secondary N) is 1. The van der Waals surface area contributed by atoms with E-state index >= 15 is 0 Å². The summed E-state index contributed by atoms with van der Waals surface area (Å²) in [5, 5.41) is 3.00. The van der Waals surface area contributed by atoms with E-state index in [9.17, 15) is 13.2 Å². The molecule has 0 bridgehead atoms. The van der Waals surface area contributed by atoms with Gasteiger partial charge in [-0.25, -0.2) is 13.2 Å². The van der Waals surface area contributed by atoms with Crippen LogP contribution in [0, 0.1) is 17.9 Å². The van der Waals surface area contributed by atoms with Crippen LogP contribution in [0.25, 0.3) is 0 Å². The van der Waals surface area contributed by atoms with E-state index < -0.39 is 16.1 Å². The van der Waals surface area contributed by atoms with Crippen LogP contribution in [0.3, 0.4) is 0 Å². The number of hydrogen-bond acceptors (Lipinski definition) is 5. The second-order valence-corrected chi connectivity index (χ2v) is 11.2. The van der Waals surface area contributed by atoms with Crippen molar-refractivity contribution in [3.05, 3.63) is 66.2 Å². The van der Waals surface area contributed by atoms with Crippen molar-refractivity contribution in [1.82, 2.24) is 9.62 Å². The first-order valence-electron chi connectivity index (χ1n) is 11.8. The monoisotopic (exact) mass is 671 g/mol. The number of carbonyl (C=O) groups excluding carboxylic acids is 1. The zero-order valence-corrected chi connectivity index (χ0v) is 24.3. The Labute approximate surface area is 223 Å². The first-order valence-corrected chi connectivity index (χ1v) is 13.2. The van der Waals surface area contributed by atoms with E-state index in [0.29, 0.717) is 32.6 Å². The fourth-order valence-corrected chi connectivity index (χ4v) is 5.73. The van der Waals surface area contributed by atoms with Gasteiger partial charge in [-0.15, -0.1) is 0 Å². The maximum absolute atomic E-state index is 13.4. The van der Waals surface area contributed by atoms with Gasteiger partial charge in [0.1, 0.15) is 6.10 Å². The molecule has 2 aromatic rings. The fraction of sp³-hybridized carbons (Fsp3) is 0.500. The molecular formula is C26H35N2O5SW+. The molecule has 0 saturated carbocycles. The van der Waals surface area contributed by atoms with Crippen molar-refractivity contribution in [1.29, 1.82) is 0 Å². The number of nitrogens with zero attached hydrogens (tertiary/aromatic N) is 1. The van der Waals surface area contributed by atoms with Gasteiger partial charge in [-0.3, -0.25) is 0 Å². The molecule has 1 aliphatic rings. The van der Waals surface area contributed by atoms with Gasteiger partial charge in [0, 0.05) is 25.6 Å². The quantitative estimate of drug-likeness (QED) is 0.367. The second kappa shape index (κ2) is 14.1. The van der Waals surface area contributed by atoms with Crippen molar-refractivity contribution in [2.45, 2.75) is 50.7 Å². The van der Waals surface area contributed by atoms with Crippen LogP contribution in [0.1, 0.15) is 32.8 Å². The zero-order chi connectivity index (χ0) is 24.6. The third kappa shape index (κ3) is 9.01. The number of sulfonamides is 1. The maximum atomic E-state index is 13.4. The van der Waals surface area contributed by atoms with Crippen molar-refractivity contribution in [3.8, 4) is 0 Å². The summed E-state index contributed by atoms with van der Waals surface area (Å²) >= 11 is 0. The summed E-state index contributed by atoms with van der Waals surface area (Å²) in [5.41, 5.74) is 1.06. The summed E-state index contributed by atoms with van der Waals surface area (Å²) in [7, 11) is -3.69. The second-order valence-electron chi connectivity index (χ2n) is 9.26. The van der Waals surface area contributed by atoms with Crippen LogP contribution in [0.5, 0.6) is 0 Å². The summed E-state index contributed by atoms with van der Waals surface area (Å²) < 4.78 is 39.2. The minimum Gasteiger partial charge on any atom is -0.444 e. The maximum Gasteiger partial charge on any atom is 2.00 e. The Morgan fingerprint density at radius 1 is 1.14 bits per heavy atom. The van der Waals surface area contributed by atoms with Gasteiger partial charge in [0.25, 0.3) is 0 Å². The molecular weight excluding hydrogens is 636 g/mol. The fourth-order valence-electron chi connectivity index (χ4n) is 4.02. The van der Waals surface area contributed by atoms with Gasteiger partial charge in [0.15, 0.2) is 0 Å². The van der Waals surface area contributed by atoms with Gasteiger partial charge in [0.05, 0.1) is 13.2 Å². The molecule has 0 aliphatic carbocycles. The predicted molar refractivity (Wildman–Crippen MR) is 131 cm³/mol. The van der Waals surface area contributed by atoms with Gasteiger partial charge >= 0.3 is 27.2 Å². The minimum atomic E-state index is -3.69. The Morgan fingerprint density at radius 2 is 1.83 bits per heavy atom. The molecule has 1 N–H and O–H groups in total. The van der Waals surface area contributed by atoms with Crippen LogP contribution in [-0.2, 0) is 47.0 Å². The molecule has 1 aliphatic heterocycles. The van der Waals surface area contributed by atoms with Crippen molar-refractivity contribution in [2.24, 2.45) is 11.8 Å². The predicted octanol–water partition coefficient (Wildman–Crippen LogP) is 3.89. The van der Waals surface area contributed by atoms with Gasteiger partial charge < -0.3 is 14.8 Å².